The number of hydrogen-bond acceptors (Lipinski definition) is 13. The van der Waals surface area contributed by atoms with Crippen molar-refractivity contribution in [3.8, 4) is 17.2 Å². The molecular weight excluding hydrogens is 887 g/mol. The smallest absolute Gasteiger partial charge is 0.314 e. The van der Waals surface area contributed by atoms with Crippen LogP contribution in [0, 0.1) is 21.4 Å². The second kappa shape index (κ2) is 18.3. The van der Waals surface area contributed by atoms with Gasteiger partial charge in [-0.15, -0.1) is 0 Å². The maximum atomic E-state index is 14.1. The third kappa shape index (κ3) is 9.37. The van der Waals surface area contributed by atoms with Crippen molar-refractivity contribution in [3.63, 3.8) is 0 Å². The van der Waals surface area contributed by atoms with E-state index in [0.717, 1.165) is 81.9 Å². The number of rotatable bonds is 12. The van der Waals surface area contributed by atoms with Gasteiger partial charge in [-0.05, 0) is 123 Å². The number of carbonyl (C=O) groups excluding carboxylic acids is 1. The number of hydrogen-bond donors (Lipinski definition) is 4. The second-order valence-corrected chi connectivity index (χ2v) is 22.0. The molecule has 3 aromatic carbocycles. The van der Waals surface area contributed by atoms with E-state index in [1.165, 1.54) is 23.4 Å². The van der Waals surface area contributed by atoms with Crippen molar-refractivity contribution in [1.29, 1.82) is 0 Å². The third-order valence-electron chi connectivity index (χ3n) is 15.3. The van der Waals surface area contributed by atoms with E-state index in [9.17, 15) is 28.4 Å². The lowest BCUT2D eigenvalue weighted by atomic mass is 9.59. The SMILES string of the molecule is CC(C)c1ccccc1[C@H]1COCCN1C1CC2(CCN(c3ccc(C(=O)NS(=O)(=O)c4cc5c(c([N+](=O)[O-])c4)O[C@@H](CC4CCC(C)(O)CC4)CN5)c(Oc4cnc5[nH]ccc5c4)c3)CC2)C1. The van der Waals surface area contributed by atoms with E-state index in [4.69, 9.17) is 14.2 Å². The van der Waals surface area contributed by atoms with Crippen LogP contribution in [-0.4, -0.2) is 96.4 Å². The molecule has 4 fully saturated rings. The summed E-state index contributed by atoms with van der Waals surface area (Å²) in [6.45, 7) is 10.7. The number of pyridine rings is 1. The summed E-state index contributed by atoms with van der Waals surface area (Å²) in [5.41, 5.74) is 3.40. The molecule has 360 valence electrons. The molecule has 0 unspecified atom stereocenters. The highest BCUT2D eigenvalue weighted by atomic mass is 32.2. The van der Waals surface area contributed by atoms with Crippen LogP contribution in [0.5, 0.6) is 17.2 Å². The van der Waals surface area contributed by atoms with E-state index in [1.54, 1.807) is 24.4 Å². The van der Waals surface area contributed by atoms with Crippen molar-refractivity contribution < 1.29 is 37.5 Å². The Bertz CT molecular complexity index is 2810. The first kappa shape index (κ1) is 46.0. The number of fused-ring (bicyclic) bond motifs is 2. The van der Waals surface area contributed by atoms with Gasteiger partial charge in [0.2, 0.25) is 5.75 Å². The number of morpholine rings is 1. The van der Waals surface area contributed by atoms with Crippen LogP contribution >= 0.6 is 0 Å². The zero-order valence-electron chi connectivity index (χ0n) is 38.9. The third-order valence-corrected chi connectivity index (χ3v) is 16.6. The van der Waals surface area contributed by atoms with Gasteiger partial charge in [0.15, 0.2) is 0 Å². The average molecular weight is 948 g/mol. The molecule has 1 spiro atoms. The second-order valence-electron chi connectivity index (χ2n) is 20.3. The molecule has 68 heavy (non-hydrogen) atoms. The number of nitro groups is 1. The normalized spacial score (nSPS) is 24.2. The summed E-state index contributed by atoms with van der Waals surface area (Å²) < 4.78 is 48.7. The molecule has 2 aromatic heterocycles. The fourth-order valence-corrected chi connectivity index (χ4v) is 12.4. The van der Waals surface area contributed by atoms with E-state index >= 15 is 0 Å². The minimum Gasteiger partial charge on any atom is -0.480 e. The zero-order chi connectivity index (χ0) is 47.4. The Kier molecular flexibility index (Phi) is 12.4. The minimum atomic E-state index is -4.65. The molecular formula is C51H61N7O9S. The number of carbonyl (C=O) groups is 1. The van der Waals surface area contributed by atoms with Crippen LogP contribution in [0.1, 0.15) is 112 Å². The van der Waals surface area contributed by atoms with Crippen LogP contribution in [-0.2, 0) is 14.8 Å². The Hall–Kier alpha value is -5.75. The predicted molar refractivity (Wildman–Crippen MR) is 258 cm³/mol. The molecule has 5 aromatic rings. The molecule has 3 aliphatic heterocycles. The van der Waals surface area contributed by atoms with Crippen molar-refractivity contribution in [2.75, 3.05) is 49.6 Å². The molecule has 0 bridgehead atoms. The number of nitrogens with zero attached hydrogens (tertiary/aromatic N) is 4. The summed E-state index contributed by atoms with van der Waals surface area (Å²) in [5, 5.41) is 26.7. The molecule has 1 amide bonds. The molecule has 2 saturated heterocycles. The Balaban J connectivity index is 0.847. The highest BCUT2D eigenvalue weighted by Crippen LogP contribution is 2.53. The van der Waals surface area contributed by atoms with E-state index < -0.39 is 37.0 Å². The number of nitro benzene ring substituents is 1. The zero-order valence-corrected chi connectivity index (χ0v) is 39.7. The average Bonchev–Trinajstić information content (AvgIpc) is 3.79. The topological polar surface area (TPSA) is 201 Å². The van der Waals surface area contributed by atoms with Crippen LogP contribution < -0.4 is 24.4 Å². The summed E-state index contributed by atoms with van der Waals surface area (Å²) >= 11 is 0. The molecule has 5 heterocycles. The molecule has 2 atom stereocenters. The summed E-state index contributed by atoms with van der Waals surface area (Å²) in [7, 11) is -4.65. The standard InChI is InChI=1S/C51H61N7O9S/c1-32(2)40-6-4-5-7-41(40)45-31-65-21-20-57(45)36-27-51(28-36)15-18-56(19-16-51)35-8-9-42(46(24-35)66-38-23-34-12-17-52-48(34)54-30-38)49(59)55-68(63,64)39-25-43-47(44(26-39)58(61)62)67-37(29-53-43)22-33-10-13-50(3,60)14-11-33/h4-9,12,17,23-26,30,32-33,36-37,45,53,60H,10-11,13-16,18-22,27-29,31H2,1-3H3,(H,52,54)(H,55,59)/t33?,37-,45+,50?/m0/s1. The van der Waals surface area contributed by atoms with Crippen molar-refractivity contribution in [2.24, 2.45) is 11.3 Å². The quantitative estimate of drug-likeness (QED) is 0.0683. The Morgan fingerprint density at radius 3 is 2.59 bits per heavy atom. The molecule has 10 rings (SSSR count). The maximum Gasteiger partial charge on any atom is 0.314 e. The lowest BCUT2D eigenvalue weighted by Gasteiger charge is -2.57. The number of piperidine rings is 1. The highest BCUT2D eigenvalue weighted by Gasteiger charge is 2.50. The van der Waals surface area contributed by atoms with Gasteiger partial charge in [0.05, 0.1) is 58.7 Å². The predicted octanol–water partition coefficient (Wildman–Crippen LogP) is 8.83. The summed E-state index contributed by atoms with van der Waals surface area (Å²) in [5.74, 6) is 0.194. The lowest BCUT2D eigenvalue weighted by Crippen LogP contribution is -2.58. The van der Waals surface area contributed by atoms with Crippen molar-refractivity contribution in [1.82, 2.24) is 19.6 Å². The molecule has 0 radical (unpaired) electrons. The number of anilines is 2. The highest BCUT2D eigenvalue weighted by molar-refractivity contribution is 7.90. The fraction of sp³-hybridized carbons (Fsp3) is 0.490. The van der Waals surface area contributed by atoms with Gasteiger partial charge in [-0.3, -0.25) is 19.8 Å². The number of aromatic amines is 1. The number of ether oxygens (including phenoxy) is 3. The van der Waals surface area contributed by atoms with E-state index in [1.807, 2.05) is 19.1 Å². The number of nitrogens with one attached hydrogen (secondary N) is 3. The van der Waals surface area contributed by atoms with E-state index in [0.29, 0.717) is 55.8 Å². The lowest BCUT2D eigenvalue weighted by molar-refractivity contribution is -0.386. The number of aromatic nitrogens is 2. The molecule has 5 aliphatic rings. The number of aliphatic hydroxyl groups is 1. The molecule has 17 heteroatoms. The molecule has 2 saturated carbocycles. The van der Waals surface area contributed by atoms with Crippen LogP contribution in [0.15, 0.2) is 84.0 Å². The van der Waals surface area contributed by atoms with Crippen molar-refractivity contribution >= 4 is 44.0 Å². The number of amides is 1. The van der Waals surface area contributed by atoms with Crippen molar-refractivity contribution in [3.05, 3.63) is 106 Å². The van der Waals surface area contributed by atoms with E-state index in [-0.39, 0.29) is 46.2 Å². The van der Waals surface area contributed by atoms with Gasteiger partial charge < -0.3 is 34.5 Å². The summed E-state index contributed by atoms with van der Waals surface area (Å²) in [6.07, 6.45) is 10.9. The first-order chi connectivity index (χ1) is 32.6. The van der Waals surface area contributed by atoms with Gasteiger partial charge in [0.1, 0.15) is 23.3 Å². The van der Waals surface area contributed by atoms with Crippen LogP contribution in [0.25, 0.3) is 11.0 Å². The molecule has 4 N–H and O–H groups in total. The first-order valence-corrected chi connectivity index (χ1v) is 25.6. The van der Waals surface area contributed by atoms with Crippen LogP contribution in [0.3, 0.4) is 0 Å². The van der Waals surface area contributed by atoms with Gasteiger partial charge in [-0.1, -0.05) is 38.1 Å². The van der Waals surface area contributed by atoms with Crippen molar-refractivity contribution in [2.45, 2.75) is 113 Å². The Morgan fingerprint density at radius 2 is 1.82 bits per heavy atom. The largest absolute Gasteiger partial charge is 0.480 e. The Labute approximate surface area is 397 Å². The number of sulfonamides is 1. The first-order valence-electron chi connectivity index (χ1n) is 24.1. The van der Waals surface area contributed by atoms with Gasteiger partial charge in [0, 0.05) is 55.1 Å². The van der Waals surface area contributed by atoms with Gasteiger partial charge in [-0.2, -0.15) is 0 Å². The fourth-order valence-electron chi connectivity index (χ4n) is 11.4. The van der Waals surface area contributed by atoms with Crippen LogP contribution in [0.4, 0.5) is 17.1 Å². The summed E-state index contributed by atoms with van der Waals surface area (Å²) in [6, 6.07) is 20.5. The molecule has 2 aliphatic carbocycles. The number of benzene rings is 3. The van der Waals surface area contributed by atoms with E-state index in [2.05, 4.69) is 67.9 Å². The van der Waals surface area contributed by atoms with Gasteiger partial charge in [0.25, 0.3) is 15.9 Å². The molecule has 16 nitrogen and oxygen atoms in total. The monoisotopic (exact) mass is 947 g/mol. The number of H-pyrrole nitrogens is 1. The van der Waals surface area contributed by atoms with Crippen LogP contribution in [0.2, 0.25) is 0 Å². The summed E-state index contributed by atoms with van der Waals surface area (Å²) in [4.78, 5) is 37.9. The maximum absolute atomic E-state index is 14.1. The Morgan fingerprint density at radius 1 is 1.04 bits per heavy atom. The minimum absolute atomic E-state index is 0.0399. The van der Waals surface area contributed by atoms with Gasteiger partial charge >= 0.3 is 5.69 Å². The van der Waals surface area contributed by atoms with Gasteiger partial charge in [-0.25, -0.2) is 18.1 Å².